The molecule has 5 aromatic carbocycles. The number of hydrogen-bond acceptors (Lipinski definition) is 0. The molecule has 0 aliphatic carbocycles. The molecule has 0 aliphatic rings. The van der Waals surface area contributed by atoms with Gasteiger partial charge in [0, 0.05) is 21.5 Å². The average molecular weight is 415 g/mol. The Morgan fingerprint density at radius 3 is 1.97 bits per heavy atom. The summed E-state index contributed by atoms with van der Waals surface area (Å²) in [6, 6.07) is 32.6. The molecule has 144 valence electrons. The maximum Gasteiger partial charge on any atom is 0.0783 e. The molecule has 3 aromatic heterocycles. The van der Waals surface area contributed by atoms with Crippen molar-refractivity contribution in [3.05, 3.63) is 96.0 Å². The van der Waals surface area contributed by atoms with Crippen molar-refractivity contribution in [2.24, 2.45) is 0 Å². The standard InChI is InChI=1S/C28H15ClN2/c29-21-11-3-8-18-19-9-4-12-23-27(19)31(26(18)21)24-13-5-10-20-25-17-7-2-1-6-16(17)14-15-22(25)30(23)28(20)24/h1-15H. The predicted molar refractivity (Wildman–Crippen MR) is 132 cm³/mol. The highest BCUT2D eigenvalue weighted by molar-refractivity contribution is 6.37. The first kappa shape index (κ1) is 16.0. The largest absolute Gasteiger partial charge is 0.305 e. The van der Waals surface area contributed by atoms with Crippen molar-refractivity contribution >= 4 is 77.0 Å². The lowest BCUT2D eigenvalue weighted by Gasteiger charge is -2.11. The highest BCUT2D eigenvalue weighted by Gasteiger charge is 2.21. The summed E-state index contributed by atoms with van der Waals surface area (Å²) in [4.78, 5) is 0. The van der Waals surface area contributed by atoms with Gasteiger partial charge in [-0.2, -0.15) is 0 Å². The van der Waals surface area contributed by atoms with Gasteiger partial charge in [-0.05, 0) is 35.0 Å². The van der Waals surface area contributed by atoms with Crippen molar-refractivity contribution in [1.82, 2.24) is 8.80 Å². The van der Waals surface area contributed by atoms with E-state index in [9.17, 15) is 0 Å². The molecule has 0 amide bonds. The summed E-state index contributed by atoms with van der Waals surface area (Å²) in [6.07, 6.45) is 0. The Balaban J connectivity index is 1.83. The summed E-state index contributed by atoms with van der Waals surface area (Å²) in [7, 11) is 0. The molecule has 2 nitrogen and oxygen atoms in total. The summed E-state index contributed by atoms with van der Waals surface area (Å²) in [5.74, 6) is 0. The van der Waals surface area contributed by atoms with Gasteiger partial charge in [0.25, 0.3) is 0 Å². The van der Waals surface area contributed by atoms with E-state index in [-0.39, 0.29) is 0 Å². The van der Waals surface area contributed by atoms with Gasteiger partial charge in [-0.15, -0.1) is 0 Å². The second-order valence-electron chi connectivity index (χ2n) is 8.33. The van der Waals surface area contributed by atoms with Crippen LogP contribution >= 0.6 is 11.6 Å². The first-order valence-electron chi connectivity index (χ1n) is 10.5. The maximum atomic E-state index is 6.78. The fraction of sp³-hybridized carbons (Fsp3) is 0. The van der Waals surface area contributed by atoms with E-state index in [2.05, 4.69) is 87.7 Å². The van der Waals surface area contributed by atoms with Crippen molar-refractivity contribution in [3.63, 3.8) is 0 Å². The summed E-state index contributed by atoms with van der Waals surface area (Å²) in [6.45, 7) is 0. The van der Waals surface area contributed by atoms with Crippen LogP contribution in [0.1, 0.15) is 0 Å². The second-order valence-corrected chi connectivity index (χ2v) is 8.74. The molecule has 0 aliphatic heterocycles. The zero-order chi connectivity index (χ0) is 20.3. The van der Waals surface area contributed by atoms with Gasteiger partial charge >= 0.3 is 0 Å². The van der Waals surface area contributed by atoms with Crippen LogP contribution < -0.4 is 0 Å². The Bertz CT molecular complexity index is 2010. The number of nitrogens with zero attached hydrogens (tertiary/aromatic N) is 2. The lowest BCUT2D eigenvalue weighted by Crippen LogP contribution is -1.96. The molecule has 0 saturated carbocycles. The van der Waals surface area contributed by atoms with Gasteiger partial charge in [0.2, 0.25) is 0 Å². The minimum absolute atomic E-state index is 0.784. The number of fused-ring (bicyclic) bond motifs is 10. The predicted octanol–water partition coefficient (Wildman–Crippen LogP) is 8.05. The second kappa shape index (κ2) is 5.29. The fourth-order valence-corrected chi connectivity index (χ4v) is 5.98. The smallest absolute Gasteiger partial charge is 0.0783 e. The lowest BCUT2D eigenvalue weighted by molar-refractivity contribution is 1.26. The van der Waals surface area contributed by atoms with Crippen LogP contribution in [0.25, 0.3) is 65.4 Å². The first-order chi connectivity index (χ1) is 15.3. The molecule has 0 bridgehead atoms. The van der Waals surface area contributed by atoms with Crippen LogP contribution in [0.3, 0.4) is 0 Å². The minimum Gasteiger partial charge on any atom is -0.305 e. The molecule has 0 saturated heterocycles. The highest BCUT2D eigenvalue weighted by Crippen LogP contribution is 2.43. The third-order valence-electron chi connectivity index (χ3n) is 6.88. The van der Waals surface area contributed by atoms with Crippen molar-refractivity contribution in [2.75, 3.05) is 0 Å². The molecule has 0 atom stereocenters. The molecule has 8 rings (SSSR count). The highest BCUT2D eigenvalue weighted by atomic mass is 35.5. The Morgan fingerprint density at radius 2 is 1.10 bits per heavy atom. The molecule has 3 heterocycles. The Hall–Kier alpha value is -3.75. The van der Waals surface area contributed by atoms with Gasteiger partial charge in [-0.1, -0.05) is 78.3 Å². The average Bonchev–Trinajstić information content (AvgIpc) is 3.34. The number of hydrogen-bond donors (Lipinski definition) is 0. The number of para-hydroxylation sites is 3. The minimum atomic E-state index is 0.784. The molecule has 31 heavy (non-hydrogen) atoms. The first-order valence-corrected chi connectivity index (χ1v) is 10.9. The van der Waals surface area contributed by atoms with Crippen molar-refractivity contribution in [3.8, 4) is 0 Å². The molecule has 8 aromatic rings. The van der Waals surface area contributed by atoms with Gasteiger partial charge in [0.05, 0.1) is 38.1 Å². The lowest BCUT2D eigenvalue weighted by atomic mass is 10.0. The number of halogens is 1. The van der Waals surface area contributed by atoms with E-state index in [1.807, 2.05) is 12.1 Å². The Morgan fingerprint density at radius 1 is 0.452 bits per heavy atom. The normalized spacial score (nSPS) is 12.7. The van der Waals surface area contributed by atoms with Crippen LogP contribution in [0.4, 0.5) is 0 Å². The van der Waals surface area contributed by atoms with Gasteiger partial charge in [-0.25, -0.2) is 0 Å². The zero-order valence-electron chi connectivity index (χ0n) is 16.4. The quantitative estimate of drug-likeness (QED) is 0.222. The Labute approximate surface area is 181 Å². The third-order valence-corrected chi connectivity index (χ3v) is 7.18. The van der Waals surface area contributed by atoms with Crippen molar-refractivity contribution in [1.29, 1.82) is 0 Å². The van der Waals surface area contributed by atoms with E-state index in [1.54, 1.807) is 0 Å². The molecule has 0 spiro atoms. The summed E-state index contributed by atoms with van der Waals surface area (Å²) in [5.41, 5.74) is 7.18. The zero-order valence-corrected chi connectivity index (χ0v) is 17.2. The fourth-order valence-electron chi connectivity index (χ4n) is 5.73. The molecular formula is C28H15ClN2. The topological polar surface area (TPSA) is 8.82 Å². The summed E-state index contributed by atoms with van der Waals surface area (Å²) >= 11 is 6.78. The van der Waals surface area contributed by atoms with Crippen LogP contribution in [0.15, 0.2) is 91.0 Å². The molecule has 0 fully saturated rings. The summed E-state index contributed by atoms with van der Waals surface area (Å²) < 4.78 is 4.81. The number of aromatic nitrogens is 2. The van der Waals surface area contributed by atoms with Crippen LogP contribution in [0, 0.1) is 0 Å². The van der Waals surface area contributed by atoms with Crippen LogP contribution in [-0.2, 0) is 0 Å². The van der Waals surface area contributed by atoms with Gasteiger partial charge in [0.15, 0.2) is 0 Å². The molecule has 3 heteroatoms. The van der Waals surface area contributed by atoms with E-state index in [4.69, 9.17) is 11.6 Å². The van der Waals surface area contributed by atoms with E-state index < -0.39 is 0 Å². The third kappa shape index (κ3) is 1.74. The number of benzene rings is 5. The maximum absolute atomic E-state index is 6.78. The van der Waals surface area contributed by atoms with Gasteiger partial charge in [-0.3, -0.25) is 0 Å². The molecule has 0 unspecified atom stereocenters. The van der Waals surface area contributed by atoms with Gasteiger partial charge in [0.1, 0.15) is 0 Å². The number of rotatable bonds is 0. The van der Waals surface area contributed by atoms with Crippen LogP contribution in [0.5, 0.6) is 0 Å². The molecule has 0 N–H and O–H groups in total. The van der Waals surface area contributed by atoms with Gasteiger partial charge < -0.3 is 8.80 Å². The van der Waals surface area contributed by atoms with Crippen LogP contribution in [-0.4, -0.2) is 8.80 Å². The van der Waals surface area contributed by atoms with Crippen LogP contribution in [0.2, 0.25) is 5.02 Å². The molecule has 0 radical (unpaired) electrons. The van der Waals surface area contributed by atoms with E-state index in [0.29, 0.717) is 0 Å². The Kier molecular flexibility index (Phi) is 2.73. The SMILES string of the molecule is Clc1cccc2c3cccc4c3n(c3cccc5c6c7ccccc7ccc6n4c53)c12. The van der Waals surface area contributed by atoms with E-state index in [1.165, 1.54) is 59.9 Å². The summed E-state index contributed by atoms with van der Waals surface area (Å²) in [5, 5.41) is 8.37. The van der Waals surface area contributed by atoms with E-state index in [0.717, 1.165) is 10.5 Å². The van der Waals surface area contributed by atoms with Crippen molar-refractivity contribution in [2.45, 2.75) is 0 Å². The van der Waals surface area contributed by atoms with E-state index >= 15 is 0 Å². The van der Waals surface area contributed by atoms with Crippen molar-refractivity contribution < 1.29 is 0 Å². The monoisotopic (exact) mass is 414 g/mol. The molecular weight excluding hydrogens is 400 g/mol.